The minimum Gasteiger partial charge on any atom is -0.493 e. The molecule has 7 nitrogen and oxygen atoms in total. The zero-order valence-electron chi connectivity index (χ0n) is 18.5. The molecular weight excluding hydrogens is 382 g/mol. The molecule has 2 N–H and O–H groups in total. The van der Waals surface area contributed by atoms with Gasteiger partial charge in [0.25, 0.3) is 0 Å². The Labute approximate surface area is 178 Å². The van der Waals surface area contributed by atoms with Crippen molar-refractivity contribution in [1.82, 2.24) is 10.6 Å². The second-order valence-corrected chi connectivity index (χ2v) is 7.76. The summed E-state index contributed by atoms with van der Waals surface area (Å²) in [5.41, 5.74) is 1.86. The number of nitrogens with zero attached hydrogens (tertiary/aromatic N) is 1. The first-order valence-corrected chi connectivity index (χ1v) is 9.94. The van der Waals surface area contributed by atoms with Gasteiger partial charge in [-0.25, -0.2) is 0 Å². The van der Waals surface area contributed by atoms with Crippen molar-refractivity contribution in [3.05, 3.63) is 47.5 Å². The number of fused-ring (bicyclic) bond motifs is 1. The van der Waals surface area contributed by atoms with Gasteiger partial charge in [-0.3, -0.25) is 4.99 Å². The molecule has 2 aromatic carbocycles. The van der Waals surface area contributed by atoms with Crippen LogP contribution in [-0.2, 0) is 6.54 Å². The number of guanidine groups is 1. The summed E-state index contributed by atoms with van der Waals surface area (Å²) in [5.74, 6) is 3.44. The molecule has 30 heavy (non-hydrogen) atoms. The summed E-state index contributed by atoms with van der Waals surface area (Å²) in [7, 11) is 6.58. The van der Waals surface area contributed by atoms with Gasteiger partial charge in [-0.2, -0.15) is 0 Å². The number of benzene rings is 2. The standard InChI is InChI=1S/C23H31N3O4/c1-23(2)13-17(16-9-7-8-10-18(16)30-23)26-22(24-3)25-14-15-11-19(27-4)21(29-6)20(12-15)28-5/h7-12,17H,13-14H2,1-6H3,(H2,24,25,26). The normalized spacial score (nSPS) is 17.4. The van der Waals surface area contributed by atoms with E-state index >= 15 is 0 Å². The van der Waals surface area contributed by atoms with Crippen molar-refractivity contribution in [2.24, 2.45) is 4.99 Å². The quantitative estimate of drug-likeness (QED) is 0.556. The number of aliphatic imine (C=N–C) groups is 1. The zero-order valence-corrected chi connectivity index (χ0v) is 18.5. The number of para-hydroxylation sites is 1. The lowest BCUT2D eigenvalue weighted by atomic mass is 9.90. The third-order valence-electron chi connectivity index (χ3n) is 5.10. The maximum atomic E-state index is 6.13. The Kier molecular flexibility index (Phi) is 6.59. The van der Waals surface area contributed by atoms with Crippen LogP contribution < -0.4 is 29.6 Å². The molecule has 162 valence electrons. The van der Waals surface area contributed by atoms with Crippen molar-refractivity contribution in [2.45, 2.75) is 38.5 Å². The maximum absolute atomic E-state index is 6.13. The van der Waals surface area contributed by atoms with Gasteiger partial charge in [0.05, 0.1) is 27.4 Å². The average Bonchev–Trinajstić information content (AvgIpc) is 2.74. The molecule has 0 bridgehead atoms. The van der Waals surface area contributed by atoms with Gasteiger partial charge >= 0.3 is 0 Å². The highest BCUT2D eigenvalue weighted by Crippen LogP contribution is 2.39. The lowest BCUT2D eigenvalue weighted by Crippen LogP contribution is -2.45. The molecule has 0 aromatic heterocycles. The third-order valence-corrected chi connectivity index (χ3v) is 5.10. The van der Waals surface area contributed by atoms with Crippen LogP contribution in [0.1, 0.15) is 37.4 Å². The Hall–Kier alpha value is -3.09. The van der Waals surface area contributed by atoms with E-state index in [1.54, 1.807) is 28.4 Å². The lowest BCUT2D eigenvalue weighted by Gasteiger charge is -2.38. The fourth-order valence-corrected chi connectivity index (χ4v) is 3.71. The van der Waals surface area contributed by atoms with Crippen LogP contribution in [0.2, 0.25) is 0 Å². The van der Waals surface area contributed by atoms with E-state index in [-0.39, 0.29) is 11.6 Å². The molecule has 1 atom stereocenters. The minimum absolute atomic E-state index is 0.0936. The van der Waals surface area contributed by atoms with Crippen molar-refractivity contribution in [3.8, 4) is 23.0 Å². The number of hydrogen-bond donors (Lipinski definition) is 2. The topological polar surface area (TPSA) is 73.3 Å². The van der Waals surface area contributed by atoms with Crippen LogP contribution in [0.3, 0.4) is 0 Å². The molecule has 1 aliphatic rings. The molecule has 1 heterocycles. The van der Waals surface area contributed by atoms with Crippen molar-refractivity contribution in [3.63, 3.8) is 0 Å². The highest BCUT2D eigenvalue weighted by Gasteiger charge is 2.33. The molecule has 0 spiro atoms. The monoisotopic (exact) mass is 413 g/mol. The molecule has 0 radical (unpaired) electrons. The Morgan fingerprint density at radius 1 is 1.10 bits per heavy atom. The summed E-state index contributed by atoms with van der Waals surface area (Å²) in [6, 6.07) is 12.1. The smallest absolute Gasteiger partial charge is 0.203 e. The Morgan fingerprint density at radius 3 is 2.37 bits per heavy atom. The van der Waals surface area contributed by atoms with Crippen molar-refractivity contribution in [2.75, 3.05) is 28.4 Å². The average molecular weight is 414 g/mol. The first kappa shape index (κ1) is 21.6. The van der Waals surface area contributed by atoms with E-state index in [4.69, 9.17) is 18.9 Å². The fraction of sp³-hybridized carbons (Fsp3) is 0.435. The van der Waals surface area contributed by atoms with Crippen LogP contribution in [-0.4, -0.2) is 39.9 Å². The molecule has 0 saturated heterocycles. The van der Waals surface area contributed by atoms with Crippen LogP contribution in [0.5, 0.6) is 23.0 Å². The third kappa shape index (κ3) is 4.72. The fourth-order valence-electron chi connectivity index (χ4n) is 3.71. The maximum Gasteiger partial charge on any atom is 0.203 e. The van der Waals surface area contributed by atoms with Gasteiger partial charge in [-0.15, -0.1) is 0 Å². The van der Waals surface area contributed by atoms with E-state index in [0.29, 0.717) is 29.8 Å². The summed E-state index contributed by atoms with van der Waals surface area (Å²) >= 11 is 0. The second kappa shape index (κ2) is 9.15. The number of nitrogens with one attached hydrogen (secondary N) is 2. The Bertz CT molecular complexity index is 886. The molecule has 0 fully saturated rings. The highest BCUT2D eigenvalue weighted by atomic mass is 16.5. The Balaban J connectivity index is 1.75. The molecule has 2 aromatic rings. The summed E-state index contributed by atoms with van der Waals surface area (Å²) < 4.78 is 22.4. The van der Waals surface area contributed by atoms with Gasteiger partial charge in [0.15, 0.2) is 17.5 Å². The summed E-state index contributed by atoms with van der Waals surface area (Å²) in [4.78, 5) is 4.40. The molecule has 1 unspecified atom stereocenters. The number of ether oxygens (including phenoxy) is 4. The number of rotatable bonds is 6. The summed E-state index contributed by atoms with van der Waals surface area (Å²) in [6.45, 7) is 4.75. The van der Waals surface area contributed by atoms with E-state index < -0.39 is 0 Å². The van der Waals surface area contributed by atoms with Gasteiger partial charge < -0.3 is 29.6 Å². The van der Waals surface area contributed by atoms with Crippen LogP contribution in [0.15, 0.2) is 41.4 Å². The van der Waals surface area contributed by atoms with Gasteiger partial charge in [0.2, 0.25) is 5.75 Å². The lowest BCUT2D eigenvalue weighted by molar-refractivity contribution is 0.0694. The van der Waals surface area contributed by atoms with Gasteiger partial charge in [0, 0.05) is 25.6 Å². The number of hydrogen-bond acceptors (Lipinski definition) is 5. The molecular formula is C23H31N3O4. The van der Waals surface area contributed by atoms with E-state index in [9.17, 15) is 0 Å². The van der Waals surface area contributed by atoms with Crippen molar-refractivity contribution >= 4 is 5.96 Å². The predicted molar refractivity (Wildman–Crippen MR) is 118 cm³/mol. The van der Waals surface area contributed by atoms with Gasteiger partial charge in [-0.1, -0.05) is 18.2 Å². The molecule has 3 rings (SSSR count). The molecule has 0 aliphatic carbocycles. The largest absolute Gasteiger partial charge is 0.493 e. The molecule has 0 saturated carbocycles. The van der Waals surface area contributed by atoms with Crippen LogP contribution in [0.25, 0.3) is 0 Å². The van der Waals surface area contributed by atoms with E-state index in [0.717, 1.165) is 23.3 Å². The molecule has 1 aliphatic heterocycles. The van der Waals surface area contributed by atoms with Crippen LogP contribution >= 0.6 is 0 Å². The van der Waals surface area contributed by atoms with E-state index in [1.165, 1.54) is 0 Å². The summed E-state index contributed by atoms with van der Waals surface area (Å²) in [5, 5.41) is 6.92. The molecule has 7 heteroatoms. The Morgan fingerprint density at radius 2 is 1.77 bits per heavy atom. The van der Waals surface area contributed by atoms with Gasteiger partial charge in [0.1, 0.15) is 11.4 Å². The predicted octanol–water partition coefficient (Wildman–Crippen LogP) is 3.68. The van der Waals surface area contributed by atoms with E-state index in [1.807, 2.05) is 30.3 Å². The number of methoxy groups -OCH3 is 3. The second-order valence-electron chi connectivity index (χ2n) is 7.76. The highest BCUT2D eigenvalue weighted by molar-refractivity contribution is 5.80. The van der Waals surface area contributed by atoms with Crippen LogP contribution in [0, 0.1) is 0 Å². The molecule has 0 amide bonds. The zero-order chi connectivity index (χ0) is 21.7. The summed E-state index contributed by atoms with van der Waals surface area (Å²) in [6.07, 6.45) is 0.828. The first-order valence-electron chi connectivity index (χ1n) is 9.94. The van der Waals surface area contributed by atoms with Crippen molar-refractivity contribution in [1.29, 1.82) is 0 Å². The minimum atomic E-state index is -0.262. The van der Waals surface area contributed by atoms with Crippen LogP contribution in [0.4, 0.5) is 0 Å². The van der Waals surface area contributed by atoms with E-state index in [2.05, 4.69) is 35.5 Å². The van der Waals surface area contributed by atoms with Gasteiger partial charge in [-0.05, 0) is 37.6 Å². The first-order chi connectivity index (χ1) is 14.4. The van der Waals surface area contributed by atoms with Crippen molar-refractivity contribution < 1.29 is 18.9 Å². The SMILES string of the molecule is CN=C(NCc1cc(OC)c(OC)c(OC)c1)NC1CC(C)(C)Oc2ccccc21.